The van der Waals surface area contributed by atoms with Gasteiger partial charge in [-0.15, -0.1) is 0 Å². The van der Waals surface area contributed by atoms with Gasteiger partial charge in [-0.25, -0.2) is 4.79 Å². The predicted octanol–water partition coefficient (Wildman–Crippen LogP) is 3.97. The highest BCUT2D eigenvalue weighted by Crippen LogP contribution is 2.30. The van der Waals surface area contributed by atoms with Gasteiger partial charge in [0.25, 0.3) is 0 Å². The average Bonchev–Trinajstić information content (AvgIpc) is 2.71. The molecule has 9 heteroatoms. The van der Waals surface area contributed by atoms with E-state index in [1.165, 1.54) is 32.0 Å². The number of hydrogen-bond acceptors (Lipinski definition) is 5. The van der Waals surface area contributed by atoms with E-state index >= 15 is 0 Å². The van der Waals surface area contributed by atoms with Gasteiger partial charge in [-0.1, -0.05) is 18.2 Å². The Kier molecular flexibility index (Phi) is 7.00. The van der Waals surface area contributed by atoms with E-state index in [-0.39, 0.29) is 11.5 Å². The van der Waals surface area contributed by atoms with Crippen LogP contribution >= 0.6 is 0 Å². The van der Waals surface area contributed by atoms with Gasteiger partial charge >= 0.3 is 12.1 Å². The summed E-state index contributed by atoms with van der Waals surface area (Å²) >= 11 is 0. The molecule has 3 rings (SSSR count). The molecule has 0 bridgehead atoms. The van der Waals surface area contributed by atoms with Crippen LogP contribution in [-0.4, -0.2) is 57.8 Å². The molecule has 6 nitrogen and oxygen atoms in total. The van der Waals surface area contributed by atoms with E-state index in [1.54, 1.807) is 12.1 Å². The zero-order chi connectivity index (χ0) is 23.5. The Morgan fingerprint density at radius 3 is 2.03 bits per heavy atom. The molecule has 0 aromatic heterocycles. The third-order valence-corrected chi connectivity index (χ3v) is 5.49. The van der Waals surface area contributed by atoms with Crippen molar-refractivity contribution < 1.29 is 32.9 Å². The Balaban J connectivity index is 1.51. The lowest BCUT2D eigenvalue weighted by Crippen LogP contribution is -2.45. The number of rotatable bonds is 7. The Bertz CT molecular complexity index is 937. The quantitative estimate of drug-likeness (QED) is 0.662. The molecule has 2 aromatic rings. The Hall–Kier alpha value is -2.78. The molecule has 0 aliphatic carbocycles. The zero-order valence-electron chi connectivity index (χ0n) is 18.0. The third-order valence-electron chi connectivity index (χ3n) is 5.49. The van der Waals surface area contributed by atoms with Gasteiger partial charge in [0.15, 0.2) is 5.60 Å². The van der Waals surface area contributed by atoms with Crippen molar-refractivity contribution in [1.82, 2.24) is 9.80 Å². The SMILES string of the molecule is CC(C)(Oc1ccc(CN2CCN(Cc3ccc(C(F)(F)F)cc3)CC2)c(O)c1)C(=O)O. The Labute approximate surface area is 184 Å². The first-order valence-electron chi connectivity index (χ1n) is 10.3. The summed E-state index contributed by atoms with van der Waals surface area (Å²) in [5, 5.41) is 19.5. The van der Waals surface area contributed by atoms with Gasteiger partial charge in [0.2, 0.25) is 0 Å². The number of aliphatic carboxylic acids is 1. The number of carboxylic acids is 1. The number of phenolic OH excluding ortho intramolecular Hbond substituents is 1. The van der Waals surface area contributed by atoms with E-state index in [2.05, 4.69) is 9.80 Å². The molecule has 0 spiro atoms. The van der Waals surface area contributed by atoms with Crippen molar-refractivity contribution in [2.45, 2.75) is 38.7 Å². The first-order valence-corrected chi connectivity index (χ1v) is 10.3. The van der Waals surface area contributed by atoms with Crippen LogP contribution in [0.5, 0.6) is 11.5 Å². The van der Waals surface area contributed by atoms with Crippen LogP contribution < -0.4 is 4.74 Å². The molecule has 1 aliphatic heterocycles. The van der Waals surface area contributed by atoms with E-state index in [0.29, 0.717) is 18.7 Å². The Morgan fingerprint density at radius 1 is 0.969 bits per heavy atom. The molecule has 0 saturated carbocycles. The average molecular weight is 452 g/mol. The van der Waals surface area contributed by atoms with Crippen LogP contribution in [0.25, 0.3) is 0 Å². The molecule has 2 N–H and O–H groups in total. The zero-order valence-corrected chi connectivity index (χ0v) is 18.0. The molecular formula is C23H27F3N2O4. The maximum Gasteiger partial charge on any atom is 0.416 e. The second kappa shape index (κ2) is 9.38. The minimum absolute atomic E-state index is 0.0378. The molecule has 174 valence electrons. The number of hydrogen-bond donors (Lipinski definition) is 2. The number of carbonyl (C=O) groups is 1. The van der Waals surface area contributed by atoms with E-state index < -0.39 is 23.3 Å². The van der Waals surface area contributed by atoms with Gasteiger partial charge in [0.1, 0.15) is 11.5 Å². The van der Waals surface area contributed by atoms with Crippen LogP contribution in [0.15, 0.2) is 42.5 Å². The van der Waals surface area contributed by atoms with Crippen LogP contribution in [0, 0.1) is 0 Å². The second-order valence-electron chi connectivity index (χ2n) is 8.46. The molecular weight excluding hydrogens is 425 g/mol. The van der Waals surface area contributed by atoms with Crippen LogP contribution in [0.3, 0.4) is 0 Å². The first-order chi connectivity index (χ1) is 14.9. The molecule has 1 heterocycles. The summed E-state index contributed by atoms with van der Waals surface area (Å²) in [5.74, 6) is -0.786. The highest BCUT2D eigenvalue weighted by atomic mass is 19.4. The van der Waals surface area contributed by atoms with Crippen LogP contribution in [0.2, 0.25) is 0 Å². The fourth-order valence-corrected chi connectivity index (χ4v) is 3.48. The summed E-state index contributed by atoms with van der Waals surface area (Å²) in [6, 6.07) is 10.0. The van der Waals surface area contributed by atoms with Gasteiger partial charge in [0.05, 0.1) is 5.56 Å². The number of piperazine rings is 1. The van der Waals surface area contributed by atoms with Crippen molar-refractivity contribution >= 4 is 5.97 Å². The minimum Gasteiger partial charge on any atom is -0.507 e. The number of aromatic hydroxyl groups is 1. The summed E-state index contributed by atoms with van der Waals surface area (Å²) in [7, 11) is 0. The summed E-state index contributed by atoms with van der Waals surface area (Å²) in [4.78, 5) is 15.6. The van der Waals surface area contributed by atoms with Gasteiger partial charge in [-0.2, -0.15) is 13.2 Å². The Morgan fingerprint density at radius 2 is 1.53 bits per heavy atom. The molecule has 32 heavy (non-hydrogen) atoms. The number of halogens is 3. The number of phenols is 1. The van der Waals surface area contributed by atoms with Crippen molar-refractivity contribution in [3.63, 3.8) is 0 Å². The summed E-state index contributed by atoms with van der Waals surface area (Å²) in [6.07, 6.45) is -4.33. The fourth-order valence-electron chi connectivity index (χ4n) is 3.48. The molecule has 0 unspecified atom stereocenters. The van der Waals surface area contributed by atoms with E-state index in [9.17, 15) is 23.1 Å². The van der Waals surface area contributed by atoms with Crippen molar-refractivity contribution in [2.24, 2.45) is 0 Å². The normalized spacial score (nSPS) is 16.2. The van der Waals surface area contributed by atoms with Crippen LogP contribution in [-0.2, 0) is 24.1 Å². The summed E-state index contributed by atoms with van der Waals surface area (Å²) in [6.45, 7) is 7.01. The highest BCUT2D eigenvalue weighted by molar-refractivity contribution is 5.76. The van der Waals surface area contributed by atoms with Crippen LogP contribution in [0.4, 0.5) is 13.2 Å². The largest absolute Gasteiger partial charge is 0.507 e. The molecule has 1 saturated heterocycles. The lowest BCUT2D eigenvalue weighted by molar-refractivity contribution is -0.152. The molecule has 0 atom stereocenters. The van der Waals surface area contributed by atoms with Gasteiger partial charge < -0.3 is 14.9 Å². The number of carboxylic acid groups (broad SMARTS) is 1. The van der Waals surface area contributed by atoms with Gasteiger partial charge in [0, 0.05) is 50.9 Å². The van der Waals surface area contributed by atoms with Crippen molar-refractivity contribution in [2.75, 3.05) is 26.2 Å². The van der Waals surface area contributed by atoms with Crippen molar-refractivity contribution in [1.29, 1.82) is 0 Å². The van der Waals surface area contributed by atoms with Crippen molar-refractivity contribution in [3.05, 3.63) is 59.2 Å². The highest BCUT2D eigenvalue weighted by Gasteiger charge is 2.30. The predicted molar refractivity (Wildman–Crippen MR) is 112 cm³/mol. The van der Waals surface area contributed by atoms with E-state index in [4.69, 9.17) is 9.84 Å². The smallest absolute Gasteiger partial charge is 0.416 e. The van der Waals surface area contributed by atoms with Crippen molar-refractivity contribution in [3.8, 4) is 11.5 Å². The lowest BCUT2D eigenvalue weighted by atomic mass is 10.1. The first kappa shape index (κ1) is 23.9. The van der Waals surface area contributed by atoms with Gasteiger partial charge in [-0.05, 0) is 37.6 Å². The maximum absolute atomic E-state index is 12.7. The molecule has 2 aromatic carbocycles. The van der Waals surface area contributed by atoms with Crippen LogP contribution in [0.1, 0.15) is 30.5 Å². The number of nitrogens with zero attached hydrogens (tertiary/aromatic N) is 2. The van der Waals surface area contributed by atoms with E-state index in [1.807, 2.05) is 0 Å². The maximum atomic E-state index is 12.7. The second-order valence-corrected chi connectivity index (χ2v) is 8.46. The minimum atomic E-state index is -4.33. The topological polar surface area (TPSA) is 73.2 Å². The summed E-state index contributed by atoms with van der Waals surface area (Å²) < 4.78 is 43.5. The van der Waals surface area contributed by atoms with Gasteiger partial charge in [-0.3, -0.25) is 9.80 Å². The monoisotopic (exact) mass is 452 g/mol. The molecule has 0 radical (unpaired) electrons. The third kappa shape index (κ3) is 6.14. The number of alkyl halides is 3. The molecule has 1 fully saturated rings. The summed E-state index contributed by atoms with van der Waals surface area (Å²) in [5.41, 5.74) is -0.503. The number of ether oxygens (including phenoxy) is 1. The molecule has 1 aliphatic rings. The molecule has 0 amide bonds. The lowest BCUT2D eigenvalue weighted by Gasteiger charge is -2.35. The fraction of sp³-hybridized carbons (Fsp3) is 0.435. The number of benzene rings is 2. The standard InChI is InChI=1S/C23H27F3N2O4/c1-22(2,21(30)31)32-19-8-5-17(20(29)13-19)15-28-11-9-27(10-12-28)14-16-3-6-18(7-4-16)23(24,25)26/h3-8,13,29H,9-12,14-15H2,1-2H3,(H,30,31). The van der Waals surface area contributed by atoms with E-state index in [0.717, 1.165) is 43.9 Å².